The van der Waals surface area contributed by atoms with Crippen molar-refractivity contribution in [2.24, 2.45) is 7.05 Å². The molecule has 1 atom stereocenters. The van der Waals surface area contributed by atoms with Gasteiger partial charge in [-0.25, -0.2) is 0 Å². The highest BCUT2D eigenvalue weighted by Gasteiger charge is 2.32. The molecule has 1 fully saturated rings. The van der Waals surface area contributed by atoms with Crippen LogP contribution in [0, 0.1) is 6.92 Å². The Morgan fingerprint density at radius 3 is 2.90 bits per heavy atom. The Kier molecular flexibility index (Phi) is 3.49. The second-order valence-electron chi connectivity index (χ2n) is 5.35. The lowest BCUT2D eigenvalue weighted by Gasteiger charge is -2.16. The fourth-order valence-electron chi connectivity index (χ4n) is 2.73. The predicted molar refractivity (Wildman–Crippen MR) is 84.5 cm³/mol. The molecule has 1 saturated heterocycles. The molecule has 1 aliphatic heterocycles. The fourth-order valence-corrected chi connectivity index (χ4v) is 3.64. The van der Waals surface area contributed by atoms with E-state index in [0.717, 1.165) is 22.3 Å². The molecule has 1 aliphatic rings. The lowest BCUT2D eigenvalue weighted by Crippen LogP contribution is -2.24. The highest BCUT2D eigenvalue weighted by Crippen LogP contribution is 2.30. The summed E-state index contributed by atoms with van der Waals surface area (Å²) in [5, 5.41) is 5.67. The molecule has 3 rings (SSSR count). The molecule has 1 unspecified atom stereocenters. The zero-order chi connectivity index (χ0) is 15.1. The van der Waals surface area contributed by atoms with Gasteiger partial charge in [-0.05, 0) is 25.1 Å². The van der Waals surface area contributed by atoms with E-state index in [0.29, 0.717) is 13.0 Å². The van der Waals surface area contributed by atoms with Crippen molar-refractivity contribution >= 4 is 39.4 Å². The topological polar surface area (TPSA) is 55.2 Å². The zero-order valence-corrected chi connectivity index (χ0v) is 13.1. The number of amides is 1. The Hall–Kier alpha value is -1.82. The first-order valence-electron chi connectivity index (χ1n) is 6.86. The molecule has 0 N–H and O–H groups in total. The Balaban J connectivity index is 1.90. The highest BCUT2D eigenvalue weighted by molar-refractivity contribution is 8.14. The van der Waals surface area contributed by atoms with Gasteiger partial charge in [-0.1, -0.05) is 11.8 Å². The summed E-state index contributed by atoms with van der Waals surface area (Å²) < 4.78 is 1.84. The van der Waals surface area contributed by atoms with Crippen LogP contribution in [0.5, 0.6) is 0 Å². The number of aryl methyl sites for hydroxylation is 2. The van der Waals surface area contributed by atoms with Crippen LogP contribution in [0.15, 0.2) is 18.2 Å². The van der Waals surface area contributed by atoms with Crippen LogP contribution in [0.25, 0.3) is 10.9 Å². The normalized spacial score (nSPS) is 18.7. The van der Waals surface area contributed by atoms with Crippen LogP contribution in [0.4, 0.5) is 5.69 Å². The van der Waals surface area contributed by atoms with Crippen LogP contribution in [0.2, 0.25) is 0 Å². The summed E-state index contributed by atoms with van der Waals surface area (Å²) in [6, 6.07) is 5.91. The number of carbonyl (C=O) groups excluding carboxylic acids is 2. The molecule has 1 amide bonds. The third-order valence-corrected chi connectivity index (χ3v) is 4.83. The van der Waals surface area contributed by atoms with Crippen LogP contribution in [-0.2, 0) is 16.6 Å². The number of hydrogen-bond donors (Lipinski definition) is 0. The Morgan fingerprint density at radius 2 is 2.19 bits per heavy atom. The average molecular weight is 303 g/mol. The van der Waals surface area contributed by atoms with E-state index in [9.17, 15) is 9.59 Å². The van der Waals surface area contributed by atoms with Gasteiger partial charge in [0, 0.05) is 49.0 Å². The molecule has 110 valence electrons. The van der Waals surface area contributed by atoms with Crippen molar-refractivity contribution in [1.82, 2.24) is 9.78 Å². The molecule has 2 aromatic rings. The first kappa shape index (κ1) is 14.1. The van der Waals surface area contributed by atoms with Crippen LogP contribution in [-0.4, -0.2) is 32.6 Å². The van der Waals surface area contributed by atoms with Gasteiger partial charge in [0.15, 0.2) is 5.12 Å². The summed E-state index contributed by atoms with van der Waals surface area (Å²) in [5.74, 6) is 0.0701. The summed E-state index contributed by atoms with van der Waals surface area (Å²) in [7, 11) is 1.91. The van der Waals surface area contributed by atoms with Crippen molar-refractivity contribution in [3.63, 3.8) is 0 Å². The van der Waals surface area contributed by atoms with E-state index in [2.05, 4.69) is 5.10 Å². The largest absolute Gasteiger partial charge is 0.311 e. The summed E-state index contributed by atoms with van der Waals surface area (Å²) in [5.41, 5.74) is 2.86. The highest BCUT2D eigenvalue weighted by atomic mass is 32.2. The predicted octanol–water partition coefficient (Wildman–Crippen LogP) is 2.27. The van der Waals surface area contributed by atoms with Crippen LogP contribution >= 0.6 is 11.8 Å². The molecule has 0 saturated carbocycles. The molecule has 0 spiro atoms. The molecule has 21 heavy (non-hydrogen) atoms. The minimum absolute atomic E-state index is 0.0520. The van der Waals surface area contributed by atoms with E-state index in [1.54, 1.807) is 11.8 Å². The Labute approximate surface area is 127 Å². The van der Waals surface area contributed by atoms with E-state index < -0.39 is 0 Å². The quantitative estimate of drug-likeness (QED) is 0.854. The van der Waals surface area contributed by atoms with Gasteiger partial charge in [0.2, 0.25) is 5.91 Å². The fraction of sp³-hybridized carbons (Fsp3) is 0.400. The SMILES string of the molecule is CC(=O)SC1CC(=O)N(c2ccc3c(C)n(C)nc3c2)C1. The number of rotatable bonds is 2. The lowest BCUT2D eigenvalue weighted by atomic mass is 10.2. The second kappa shape index (κ2) is 5.18. The minimum Gasteiger partial charge on any atom is -0.311 e. The monoisotopic (exact) mass is 303 g/mol. The maximum absolute atomic E-state index is 12.2. The molecule has 5 nitrogen and oxygen atoms in total. The van der Waals surface area contributed by atoms with Gasteiger partial charge in [0.1, 0.15) is 0 Å². The third-order valence-electron chi connectivity index (χ3n) is 3.85. The number of thioether (sulfide) groups is 1. The van der Waals surface area contributed by atoms with Crippen LogP contribution < -0.4 is 4.90 Å². The summed E-state index contributed by atoms with van der Waals surface area (Å²) in [6.45, 7) is 4.15. The van der Waals surface area contributed by atoms with Gasteiger partial charge in [-0.3, -0.25) is 14.3 Å². The van der Waals surface area contributed by atoms with Gasteiger partial charge >= 0.3 is 0 Å². The van der Waals surface area contributed by atoms with Crippen molar-refractivity contribution in [3.05, 3.63) is 23.9 Å². The third kappa shape index (κ3) is 2.55. The van der Waals surface area contributed by atoms with Crippen molar-refractivity contribution in [2.75, 3.05) is 11.4 Å². The molecule has 1 aromatic carbocycles. The number of benzene rings is 1. The van der Waals surface area contributed by atoms with Crippen molar-refractivity contribution in [3.8, 4) is 0 Å². The van der Waals surface area contributed by atoms with Crippen molar-refractivity contribution in [1.29, 1.82) is 0 Å². The summed E-state index contributed by atoms with van der Waals surface area (Å²) >= 11 is 1.25. The van der Waals surface area contributed by atoms with Gasteiger partial charge in [0.05, 0.1) is 5.52 Å². The van der Waals surface area contributed by atoms with E-state index in [4.69, 9.17) is 0 Å². The van der Waals surface area contributed by atoms with Gasteiger partial charge < -0.3 is 4.90 Å². The van der Waals surface area contributed by atoms with Crippen LogP contribution in [0.3, 0.4) is 0 Å². The standard InChI is InChI=1S/C15H17N3O2S/c1-9-13-5-4-11(6-14(13)16-17(9)3)18-8-12(7-15(18)20)21-10(2)19/h4-6,12H,7-8H2,1-3H3. The second-order valence-corrected chi connectivity index (χ2v) is 6.83. The molecule has 0 aliphatic carbocycles. The first-order valence-corrected chi connectivity index (χ1v) is 7.74. The van der Waals surface area contributed by atoms with Gasteiger partial charge in [-0.2, -0.15) is 5.10 Å². The van der Waals surface area contributed by atoms with Crippen molar-refractivity contribution < 1.29 is 9.59 Å². The smallest absolute Gasteiger partial charge is 0.228 e. The molecular formula is C15H17N3O2S. The molecule has 1 aromatic heterocycles. The Morgan fingerprint density at radius 1 is 1.43 bits per heavy atom. The maximum Gasteiger partial charge on any atom is 0.228 e. The summed E-state index contributed by atoms with van der Waals surface area (Å²) in [6.07, 6.45) is 0.420. The van der Waals surface area contributed by atoms with E-state index >= 15 is 0 Å². The Bertz CT molecular complexity index is 738. The average Bonchev–Trinajstić information content (AvgIpc) is 2.90. The van der Waals surface area contributed by atoms with E-state index in [1.165, 1.54) is 11.8 Å². The number of nitrogens with zero attached hydrogens (tertiary/aromatic N) is 3. The van der Waals surface area contributed by atoms with Gasteiger partial charge in [0.25, 0.3) is 0 Å². The zero-order valence-electron chi connectivity index (χ0n) is 12.3. The number of carbonyl (C=O) groups is 2. The lowest BCUT2D eigenvalue weighted by molar-refractivity contribution is -0.117. The molecule has 0 radical (unpaired) electrons. The van der Waals surface area contributed by atoms with E-state index in [1.807, 2.05) is 36.9 Å². The first-order chi connectivity index (χ1) is 9.95. The number of aromatic nitrogens is 2. The number of anilines is 1. The summed E-state index contributed by atoms with van der Waals surface area (Å²) in [4.78, 5) is 25.1. The van der Waals surface area contributed by atoms with E-state index in [-0.39, 0.29) is 16.3 Å². The van der Waals surface area contributed by atoms with Crippen molar-refractivity contribution in [2.45, 2.75) is 25.5 Å². The molecular weight excluding hydrogens is 286 g/mol. The van der Waals surface area contributed by atoms with Crippen LogP contribution in [0.1, 0.15) is 19.0 Å². The number of hydrogen-bond acceptors (Lipinski definition) is 4. The number of fused-ring (bicyclic) bond motifs is 1. The minimum atomic E-state index is 0.0520. The maximum atomic E-state index is 12.2. The molecule has 2 heterocycles. The molecule has 0 bridgehead atoms. The van der Waals surface area contributed by atoms with Gasteiger partial charge in [-0.15, -0.1) is 0 Å². The molecule has 6 heteroatoms.